The zero-order chi connectivity index (χ0) is 14.7. The van der Waals surface area contributed by atoms with Crippen LogP contribution in [0.4, 0.5) is 5.69 Å². The summed E-state index contributed by atoms with van der Waals surface area (Å²) in [5, 5.41) is 10.2. The summed E-state index contributed by atoms with van der Waals surface area (Å²) in [6.07, 6.45) is 4.42. The molecule has 1 aliphatic heterocycles. The van der Waals surface area contributed by atoms with Crippen molar-refractivity contribution in [2.75, 3.05) is 19.0 Å². The van der Waals surface area contributed by atoms with E-state index >= 15 is 0 Å². The molecule has 1 fully saturated rings. The predicted molar refractivity (Wildman–Crippen MR) is 79.4 cm³/mol. The van der Waals surface area contributed by atoms with Crippen molar-refractivity contribution in [2.45, 2.75) is 18.6 Å². The van der Waals surface area contributed by atoms with Crippen molar-refractivity contribution in [3.8, 4) is 5.69 Å². The second kappa shape index (κ2) is 6.07. The minimum Gasteiger partial charge on any atom is -0.380 e. The van der Waals surface area contributed by atoms with Crippen LogP contribution in [0.2, 0.25) is 0 Å². The zero-order valence-electron chi connectivity index (χ0n) is 11.8. The lowest BCUT2D eigenvalue weighted by atomic mass is 10.2. The predicted octanol–water partition coefficient (Wildman–Crippen LogP) is 1.19. The van der Waals surface area contributed by atoms with Crippen LogP contribution in [0.25, 0.3) is 5.69 Å². The molecule has 3 rings (SSSR count). The third-order valence-electron chi connectivity index (χ3n) is 3.64. The maximum Gasteiger partial charge on any atom is 0.241 e. The fraction of sp³-hybridized carbons (Fsp3) is 0.333. The first kappa shape index (κ1) is 13.8. The quantitative estimate of drug-likeness (QED) is 0.886. The molecule has 1 aliphatic rings. The number of carbonyl (C=O) groups excluding carboxylic acids is 1. The van der Waals surface area contributed by atoms with Gasteiger partial charge in [-0.15, -0.1) is 0 Å². The zero-order valence-corrected chi connectivity index (χ0v) is 11.8. The van der Waals surface area contributed by atoms with E-state index in [2.05, 4.69) is 15.7 Å². The van der Waals surface area contributed by atoms with Crippen molar-refractivity contribution in [3.63, 3.8) is 0 Å². The van der Waals surface area contributed by atoms with Crippen LogP contribution in [0.1, 0.15) is 6.42 Å². The first-order valence-corrected chi connectivity index (χ1v) is 6.93. The minimum atomic E-state index is -0.194. The third-order valence-corrected chi connectivity index (χ3v) is 3.64. The maximum atomic E-state index is 12.1. The van der Waals surface area contributed by atoms with E-state index in [1.165, 1.54) is 0 Å². The van der Waals surface area contributed by atoms with Crippen molar-refractivity contribution in [1.29, 1.82) is 0 Å². The molecule has 6 nitrogen and oxygen atoms in total. The molecule has 1 amide bonds. The Labute approximate surface area is 123 Å². The van der Waals surface area contributed by atoms with Crippen LogP contribution in [-0.2, 0) is 9.53 Å². The molecule has 1 saturated heterocycles. The molecule has 21 heavy (non-hydrogen) atoms. The van der Waals surface area contributed by atoms with Gasteiger partial charge in [0, 0.05) is 31.7 Å². The van der Waals surface area contributed by atoms with Crippen LogP contribution in [0, 0.1) is 0 Å². The summed E-state index contributed by atoms with van der Waals surface area (Å²) in [7, 11) is 1.67. The Morgan fingerprint density at radius 3 is 2.86 bits per heavy atom. The Balaban J connectivity index is 1.62. The van der Waals surface area contributed by atoms with Crippen LogP contribution in [0.15, 0.2) is 42.7 Å². The number of aromatic nitrogens is 2. The molecular weight excluding hydrogens is 268 g/mol. The molecule has 1 aromatic carbocycles. The summed E-state index contributed by atoms with van der Waals surface area (Å²) in [6.45, 7) is 0.715. The smallest absolute Gasteiger partial charge is 0.241 e. The average molecular weight is 286 g/mol. The number of anilines is 1. The highest BCUT2D eigenvalue weighted by Gasteiger charge is 2.29. The van der Waals surface area contributed by atoms with Crippen molar-refractivity contribution >= 4 is 11.6 Å². The van der Waals surface area contributed by atoms with Crippen LogP contribution in [0.5, 0.6) is 0 Å². The molecule has 2 N–H and O–H groups in total. The Bertz CT molecular complexity index is 595. The van der Waals surface area contributed by atoms with E-state index in [9.17, 15) is 4.79 Å². The van der Waals surface area contributed by atoms with E-state index in [0.717, 1.165) is 11.4 Å². The first-order valence-electron chi connectivity index (χ1n) is 6.93. The molecule has 0 spiro atoms. The molecule has 6 heteroatoms. The van der Waals surface area contributed by atoms with Crippen molar-refractivity contribution in [2.24, 2.45) is 0 Å². The molecule has 2 aromatic rings. The second-order valence-electron chi connectivity index (χ2n) is 5.04. The largest absolute Gasteiger partial charge is 0.380 e. The van der Waals surface area contributed by atoms with Crippen molar-refractivity contribution in [3.05, 3.63) is 42.7 Å². The molecule has 2 atom stereocenters. The van der Waals surface area contributed by atoms with E-state index in [0.29, 0.717) is 13.0 Å². The molecule has 1 aromatic heterocycles. The molecule has 0 aliphatic carbocycles. The summed E-state index contributed by atoms with van der Waals surface area (Å²) < 4.78 is 7.02. The van der Waals surface area contributed by atoms with E-state index in [4.69, 9.17) is 4.74 Å². The third kappa shape index (κ3) is 3.12. The minimum absolute atomic E-state index is 0.0265. The highest BCUT2D eigenvalue weighted by atomic mass is 16.5. The SMILES string of the molecule is CO[C@@H]1CN[C@@H](C(=O)Nc2ccc(-n3cccn3)cc2)C1. The molecule has 0 unspecified atom stereocenters. The van der Waals surface area contributed by atoms with E-state index in [1.807, 2.05) is 36.5 Å². The monoisotopic (exact) mass is 286 g/mol. The van der Waals surface area contributed by atoms with Crippen molar-refractivity contribution in [1.82, 2.24) is 15.1 Å². The van der Waals surface area contributed by atoms with Crippen LogP contribution in [-0.4, -0.2) is 41.5 Å². The fourth-order valence-electron chi connectivity index (χ4n) is 2.43. The lowest BCUT2D eigenvalue weighted by molar-refractivity contribution is -0.118. The lowest BCUT2D eigenvalue weighted by Crippen LogP contribution is -2.35. The van der Waals surface area contributed by atoms with Crippen LogP contribution in [0.3, 0.4) is 0 Å². The van der Waals surface area contributed by atoms with Gasteiger partial charge in [-0.3, -0.25) is 4.79 Å². The number of nitrogens with zero attached hydrogens (tertiary/aromatic N) is 2. The average Bonchev–Trinajstić information content (AvgIpc) is 3.19. The standard InChI is InChI=1S/C15H18N4O2/c1-21-13-9-14(16-10-13)15(20)18-11-3-5-12(6-4-11)19-8-2-7-17-19/h2-8,13-14,16H,9-10H2,1H3,(H,18,20)/t13-,14+/m0/s1. The molecule has 0 bridgehead atoms. The molecule has 0 radical (unpaired) electrons. The van der Waals surface area contributed by atoms with Gasteiger partial charge < -0.3 is 15.4 Å². The summed E-state index contributed by atoms with van der Waals surface area (Å²) in [6, 6.07) is 9.26. The van der Waals surface area contributed by atoms with Gasteiger partial charge in [-0.05, 0) is 36.8 Å². The number of nitrogens with one attached hydrogen (secondary N) is 2. The number of ether oxygens (including phenoxy) is 1. The second-order valence-corrected chi connectivity index (χ2v) is 5.04. The van der Waals surface area contributed by atoms with Crippen molar-refractivity contribution < 1.29 is 9.53 Å². The summed E-state index contributed by atoms with van der Waals surface area (Å²) >= 11 is 0. The number of hydrogen-bond acceptors (Lipinski definition) is 4. The number of rotatable bonds is 4. The topological polar surface area (TPSA) is 68.2 Å². The highest BCUT2D eigenvalue weighted by Crippen LogP contribution is 2.15. The molecular formula is C15H18N4O2. The molecule has 110 valence electrons. The summed E-state index contributed by atoms with van der Waals surface area (Å²) in [5.41, 5.74) is 1.73. The van der Waals surface area contributed by atoms with E-state index < -0.39 is 0 Å². The lowest BCUT2D eigenvalue weighted by Gasteiger charge is -2.11. The molecule has 0 saturated carbocycles. The summed E-state index contributed by atoms with van der Waals surface area (Å²) in [4.78, 5) is 12.1. The van der Waals surface area contributed by atoms with Crippen LogP contribution < -0.4 is 10.6 Å². The summed E-state index contributed by atoms with van der Waals surface area (Å²) in [5.74, 6) is -0.0265. The molecule has 2 heterocycles. The van der Waals surface area contributed by atoms with Gasteiger partial charge in [-0.25, -0.2) is 4.68 Å². The van der Waals surface area contributed by atoms with Gasteiger partial charge in [0.05, 0.1) is 17.8 Å². The van der Waals surface area contributed by atoms with Gasteiger partial charge in [0.25, 0.3) is 0 Å². The first-order chi connectivity index (χ1) is 10.3. The number of methoxy groups -OCH3 is 1. The maximum absolute atomic E-state index is 12.1. The van der Waals surface area contributed by atoms with Gasteiger partial charge >= 0.3 is 0 Å². The van der Waals surface area contributed by atoms with Gasteiger partial charge in [0.1, 0.15) is 0 Å². The number of carbonyl (C=O) groups is 1. The van der Waals surface area contributed by atoms with Gasteiger partial charge in [0.15, 0.2) is 0 Å². The van der Waals surface area contributed by atoms with Gasteiger partial charge in [-0.2, -0.15) is 5.10 Å². The number of hydrogen-bond donors (Lipinski definition) is 2. The Morgan fingerprint density at radius 1 is 1.43 bits per heavy atom. The number of amides is 1. The van der Waals surface area contributed by atoms with Gasteiger partial charge in [0.2, 0.25) is 5.91 Å². The number of benzene rings is 1. The Hall–Kier alpha value is -2.18. The highest BCUT2D eigenvalue weighted by molar-refractivity contribution is 5.95. The van der Waals surface area contributed by atoms with E-state index in [-0.39, 0.29) is 18.1 Å². The Kier molecular flexibility index (Phi) is 3.98. The van der Waals surface area contributed by atoms with Crippen LogP contribution >= 0.6 is 0 Å². The van der Waals surface area contributed by atoms with Gasteiger partial charge in [-0.1, -0.05) is 0 Å². The Morgan fingerprint density at radius 2 is 2.24 bits per heavy atom. The van der Waals surface area contributed by atoms with E-state index in [1.54, 1.807) is 18.0 Å². The fourth-order valence-corrected chi connectivity index (χ4v) is 2.43. The normalized spacial score (nSPS) is 21.4.